The van der Waals surface area contributed by atoms with Gasteiger partial charge in [-0.15, -0.1) is 11.3 Å². The Labute approximate surface area is 90.3 Å². The molecule has 84 valence electrons. The molecule has 8 heteroatoms. The third-order valence-corrected chi connectivity index (χ3v) is 4.24. The van der Waals surface area contributed by atoms with E-state index in [4.69, 9.17) is 15.5 Å². The molecule has 0 aliphatic carbocycles. The molecule has 0 radical (unpaired) electrons. The summed E-state index contributed by atoms with van der Waals surface area (Å²) in [6.07, 6.45) is 1.33. The van der Waals surface area contributed by atoms with E-state index in [1.165, 1.54) is 6.92 Å². The quantitative estimate of drug-likeness (QED) is 0.615. The largest absolute Gasteiger partial charge is 0.367 e. The molecule has 6 nitrogen and oxygen atoms in total. The lowest BCUT2D eigenvalue weighted by Crippen LogP contribution is -2.30. The first-order valence-electron chi connectivity index (χ1n) is 4.07. The van der Waals surface area contributed by atoms with E-state index in [0.717, 1.165) is 17.5 Å². The van der Waals surface area contributed by atoms with E-state index in [1.807, 2.05) is 0 Å². The highest BCUT2D eigenvalue weighted by Gasteiger charge is 2.21. The number of rotatable bonds is 4. The molecular weight excluding hydrogens is 239 g/mol. The Kier molecular flexibility index (Phi) is 3.75. The molecule has 0 unspecified atom stereocenters. The smallest absolute Gasteiger partial charge is 0.321 e. The van der Waals surface area contributed by atoms with Gasteiger partial charge < -0.3 is 15.5 Å². The van der Waals surface area contributed by atoms with E-state index in [2.05, 4.69) is 4.98 Å². The van der Waals surface area contributed by atoms with Crippen LogP contribution in [0.2, 0.25) is 0 Å². The summed E-state index contributed by atoms with van der Waals surface area (Å²) in [4.78, 5) is 32.3. The van der Waals surface area contributed by atoms with Crippen LogP contribution in [0.15, 0.2) is 6.20 Å². The van der Waals surface area contributed by atoms with Crippen molar-refractivity contribution in [2.24, 2.45) is 5.73 Å². The van der Waals surface area contributed by atoms with Crippen LogP contribution in [0, 0.1) is 0 Å². The molecule has 0 aliphatic heterocycles. The first-order valence-corrected chi connectivity index (χ1v) is 6.50. The van der Waals surface area contributed by atoms with Gasteiger partial charge in [0.05, 0.1) is 17.2 Å². The number of thiazole rings is 1. The summed E-state index contributed by atoms with van der Waals surface area (Å²) < 4.78 is 10.7. The second kappa shape index (κ2) is 4.51. The Balaban J connectivity index is 2.78. The van der Waals surface area contributed by atoms with E-state index in [1.54, 1.807) is 0 Å². The Bertz CT molecular complexity index is 413. The van der Waals surface area contributed by atoms with Crippen molar-refractivity contribution in [2.75, 3.05) is 0 Å². The highest BCUT2D eigenvalue weighted by molar-refractivity contribution is 7.67. The van der Waals surface area contributed by atoms with Gasteiger partial charge in [0, 0.05) is 6.42 Å². The summed E-state index contributed by atoms with van der Waals surface area (Å²) >= 11 is 0.879. The fraction of sp³-hybridized carbons (Fsp3) is 0.429. The number of hydrogen-bond donors (Lipinski definition) is 3. The minimum Gasteiger partial charge on any atom is -0.321 e. The topological polar surface area (TPSA) is 114 Å². The maximum absolute atomic E-state index is 10.9. The number of carbonyl (C=O) groups excluding carboxylic acids is 1. The molecule has 0 spiro atoms. The normalized spacial score (nSPS) is 13.9. The van der Waals surface area contributed by atoms with Gasteiger partial charge in [0.15, 0.2) is 0 Å². The standard InChI is InChI=1S/C7H11N2O4PS/c1-4(10)5(8)2-6-9-3-7(15-6)14(11,12)13/h3,5H,2,8H2,1H3,(H2,11,12,13)/t5-/m0/s1. The third kappa shape index (κ3) is 3.48. The SMILES string of the molecule is CC(=O)[C@@H](N)Cc1ncc(P(=O)(O)O)s1. The molecule has 1 rings (SSSR count). The second-order valence-corrected chi connectivity index (χ2v) is 6.05. The van der Waals surface area contributed by atoms with E-state index in [9.17, 15) is 9.36 Å². The van der Waals surface area contributed by atoms with Gasteiger partial charge in [-0.2, -0.15) is 0 Å². The molecule has 1 heterocycles. The Morgan fingerprint density at radius 1 is 1.73 bits per heavy atom. The predicted octanol–water partition coefficient (Wildman–Crippen LogP) is -0.595. The fourth-order valence-electron chi connectivity index (χ4n) is 0.862. The minimum absolute atomic E-state index is 0.103. The molecule has 1 atom stereocenters. The molecule has 0 aromatic carbocycles. The Hall–Kier alpha value is -0.590. The third-order valence-electron chi connectivity index (χ3n) is 1.75. The average Bonchev–Trinajstić information content (AvgIpc) is 2.51. The molecule has 0 bridgehead atoms. The number of hydrogen-bond acceptors (Lipinski definition) is 5. The molecule has 1 aromatic heterocycles. The van der Waals surface area contributed by atoms with Crippen LogP contribution in [-0.2, 0) is 15.8 Å². The summed E-state index contributed by atoms with van der Waals surface area (Å²) in [7, 11) is -4.23. The Morgan fingerprint density at radius 2 is 2.33 bits per heavy atom. The van der Waals surface area contributed by atoms with Crippen LogP contribution in [0.1, 0.15) is 11.9 Å². The van der Waals surface area contributed by atoms with Crippen molar-refractivity contribution in [3.05, 3.63) is 11.2 Å². The van der Waals surface area contributed by atoms with Crippen LogP contribution in [0.4, 0.5) is 0 Å². The van der Waals surface area contributed by atoms with E-state index >= 15 is 0 Å². The molecule has 15 heavy (non-hydrogen) atoms. The maximum Gasteiger partial charge on any atom is 0.367 e. The molecule has 0 saturated carbocycles. The monoisotopic (exact) mass is 250 g/mol. The molecular formula is C7H11N2O4PS. The number of carbonyl (C=O) groups is 1. The zero-order valence-electron chi connectivity index (χ0n) is 7.95. The highest BCUT2D eigenvalue weighted by Crippen LogP contribution is 2.35. The molecule has 0 fully saturated rings. The summed E-state index contributed by atoms with van der Waals surface area (Å²) in [5, 5.41) is 0.455. The second-order valence-electron chi connectivity index (χ2n) is 3.06. The lowest BCUT2D eigenvalue weighted by Gasteiger charge is -2.03. The van der Waals surface area contributed by atoms with Gasteiger partial charge in [-0.05, 0) is 6.92 Å². The first-order chi connectivity index (χ1) is 6.80. The van der Waals surface area contributed by atoms with Crippen molar-refractivity contribution in [1.29, 1.82) is 0 Å². The highest BCUT2D eigenvalue weighted by atomic mass is 32.1. The molecule has 0 saturated heterocycles. The van der Waals surface area contributed by atoms with Crippen LogP contribution in [0.5, 0.6) is 0 Å². The van der Waals surface area contributed by atoms with Crippen molar-refractivity contribution in [3.63, 3.8) is 0 Å². The first kappa shape index (κ1) is 12.5. The van der Waals surface area contributed by atoms with Crippen molar-refractivity contribution < 1.29 is 19.1 Å². The zero-order valence-corrected chi connectivity index (χ0v) is 9.66. The molecule has 0 amide bonds. The van der Waals surface area contributed by atoms with E-state index in [-0.39, 0.29) is 16.8 Å². The number of nitrogens with zero attached hydrogens (tertiary/aromatic N) is 1. The number of Topliss-reactive ketones (excluding diaryl/α,β-unsaturated/α-hetero) is 1. The zero-order chi connectivity index (χ0) is 11.6. The van der Waals surface area contributed by atoms with Gasteiger partial charge in [-0.1, -0.05) is 0 Å². The number of aromatic nitrogens is 1. The summed E-state index contributed by atoms with van der Waals surface area (Å²) in [5.74, 6) is -0.178. The van der Waals surface area contributed by atoms with Crippen LogP contribution in [0.3, 0.4) is 0 Å². The van der Waals surface area contributed by atoms with Crippen molar-refractivity contribution in [2.45, 2.75) is 19.4 Å². The minimum atomic E-state index is -4.23. The van der Waals surface area contributed by atoms with Gasteiger partial charge in [-0.25, -0.2) is 4.98 Å². The van der Waals surface area contributed by atoms with Crippen molar-refractivity contribution in [1.82, 2.24) is 4.98 Å². The number of nitrogens with two attached hydrogens (primary N) is 1. The van der Waals surface area contributed by atoms with Crippen LogP contribution < -0.4 is 10.4 Å². The summed E-state index contributed by atoms with van der Waals surface area (Å²) in [5.41, 5.74) is 5.49. The summed E-state index contributed by atoms with van der Waals surface area (Å²) in [6.45, 7) is 1.36. The fourth-order valence-corrected chi connectivity index (χ4v) is 2.58. The lowest BCUT2D eigenvalue weighted by molar-refractivity contribution is -0.118. The molecule has 0 aliphatic rings. The predicted molar refractivity (Wildman–Crippen MR) is 56.2 cm³/mol. The van der Waals surface area contributed by atoms with Gasteiger partial charge >= 0.3 is 7.60 Å². The molecule has 4 N–H and O–H groups in total. The van der Waals surface area contributed by atoms with Crippen molar-refractivity contribution in [3.8, 4) is 0 Å². The van der Waals surface area contributed by atoms with Gasteiger partial charge in [0.1, 0.15) is 10.4 Å². The van der Waals surface area contributed by atoms with Gasteiger partial charge in [-0.3, -0.25) is 9.36 Å². The summed E-state index contributed by atoms with van der Waals surface area (Å²) in [6, 6.07) is -0.666. The van der Waals surface area contributed by atoms with E-state index < -0.39 is 13.6 Å². The maximum atomic E-state index is 10.9. The Morgan fingerprint density at radius 3 is 2.73 bits per heavy atom. The van der Waals surface area contributed by atoms with Crippen LogP contribution in [-0.4, -0.2) is 26.6 Å². The average molecular weight is 250 g/mol. The lowest BCUT2D eigenvalue weighted by atomic mass is 10.1. The van der Waals surface area contributed by atoms with Gasteiger partial charge in [0.2, 0.25) is 0 Å². The van der Waals surface area contributed by atoms with Crippen LogP contribution in [0.25, 0.3) is 0 Å². The number of ketones is 1. The van der Waals surface area contributed by atoms with E-state index in [0.29, 0.717) is 5.01 Å². The van der Waals surface area contributed by atoms with Crippen LogP contribution >= 0.6 is 18.9 Å². The van der Waals surface area contributed by atoms with Crippen molar-refractivity contribution >= 4 is 29.3 Å². The molecule has 1 aromatic rings. The van der Waals surface area contributed by atoms with Gasteiger partial charge in [0.25, 0.3) is 0 Å².